The number of ketones is 1. The first-order valence-corrected chi connectivity index (χ1v) is 10.6. The minimum Gasteiger partial charge on any atom is -0.368 e. The van der Waals surface area contributed by atoms with E-state index >= 15 is 0 Å². The van der Waals surface area contributed by atoms with Crippen LogP contribution in [-0.2, 0) is 17.8 Å². The number of Topliss-reactive ketones (excluding diaryl/α,β-unsaturated/α-hetero) is 1. The van der Waals surface area contributed by atoms with Gasteiger partial charge in [-0.3, -0.25) is 9.69 Å². The quantitative estimate of drug-likeness (QED) is 0.715. The van der Waals surface area contributed by atoms with Gasteiger partial charge in [0.1, 0.15) is 11.6 Å². The number of nitrogens with one attached hydrogen (secondary N) is 1. The third kappa shape index (κ3) is 4.75. The first kappa shape index (κ1) is 19.8. The van der Waals surface area contributed by atoms with Crippen molar-refractivity contribution in [3.63, 3.8) is 0 Å². The highest BCUT2D eigenvalue weighted by Crippen LogP contribution is 2.46. The van der Waals surface area contributed by atoms with Crippen LogP contribution >= 0.6 is 0 Å². The van der Waals surface area contributed by atoms with Gasteiger partial charge in [0.25, 0.3) is 0 Å². The number of hydrogen-bond donors (Lipinski definition) is 2. The second-order valence-electron chi connectivity index (χ2n) is 8.97. The van der Waals surface area contributed by atoms with Crippen LogP contribution < -0.4 is 11.1 Å². The standard InChI is InChI=1S/C23H31N5O/c1-3-4-16(2)25-21-10-19(26-22(24)27-21)9-17-5-7-18(8-6-17)13-28-14-23(15-28)11-20(29)12-23/h5-8,10,16H,3-4,9,11-15H2,1-2H3,(H3,24,25,26,27)/t16-/m1/s1. The number of nitrogens with two attached hydrogens (primary N) is 1. The van der Waals surface area contributed by atoms with Crippen LogP contribution in [0.3, 0.4) is 0 Å². The molecule has 1 saturated carbocycles. The number of nitrogen functional groups attached to an aromatic ring is 1. The third-order valence-electron chi connectivity index (χ3n) is 5.99. The zero-order chi connectivity index (χ0) is 20.4. The topological polar surface area (TPSA) is 84.1 Å². The van der Waals surface area contributed by atoms with Gasteiger partial charge in [-0.25, -0.2) is 4.98 Å². The minimum atomic E-state index is 0.312. The minimum absolute atomic E-state index is 0.312. The smallest absolute Gasteiger partial charge is 0.222 e. The molecule has 3 N–H and O–H groups in total. The van der Waals surface area contributed by atoms with E-state index in [9.17, 15) is 4.79 Å². The van der Waals surface area contributed by atoms with Crippen LogP contribution in [0, 0.1) is 5.41 Å². The van der Waals surface area contributed by atoms with E-state index in [0.29, 0.717) is 23.2 Å². The molecule has 6 heteroatoms. The molecule has 6 nitrogen and oxygen atoms in total. The third-order valence-corrected chi connectivity index (χ3v) is 5.99. The van der Waals surface area contributed by atoms with E-state index in [1.165, 1.54) is 11.1 Å². The first-order valence-electron chi connectivity index (χ1n) is 10.6. The van der Waals surface area contributed by atoms with Crippen LogP contribution in [-0.4, -0.2) is 39.8 Å². The van der Waals surface area contributed by atoms with Gasteiger partial charge in [0.2, 0.25) is 5.95 Å². The lowest BCUT2D eigenvalue weighted by molar-refractivity contribution is -0.145. The van der Waals surface area contributed by atoms with Crippen molar-refractivity contribution in [3.05, 3.63) is 47.2 Å². The van der Waals surface area contributed by atoms with Gasteiger partial charge in [-0.2, -0.15) is 4.98 Å². The van der Waals surface area contributed by atoms with Crippen LogP contribution in [0.25, 0.3) is 0 Å². The van der Waals surface area contributed by atoms with Gasteiger partial charge in [0, 0.05) is 56.4 Å². The number of aromatic nitrogens is 2. The van der Waals surface area contributed by atoms with Crippen molar-refractivity contribution in [1.29, 1.82) is 0 Å². The zero-order valence-corrected chi connectivity index (χ0v) is 17.4. The maximum absolute atomic E-state index is 11.2. The Labute approximate surface area is 172 Å². The average molecular weight is 394 g/mol. The summed E-state index contributed by atoms with van der Waals surface area (Å²) in [6.07, 6.45) is 4.54. The molecule has 1 aromatic carbocycles. The number of rotatable bonds is 8. The molecule has 1 aromatic heterocycles. The Morgan fingerprint density at radius 3 is 2.52 bits per heavy atom. The zero-order valence-electron chi connectivity index (χ0n) is 17.4. The number of hydrogen-bond acceptors (Lipinski definition) is 6. The van der Waals surface area contributed by atoms with Crippen molar-refractivity contribution in [2.75, 3.05) is 24.1 Å². The molecular formula is C23H31N5O. The fourth-order valence-electron chi connectivity index (χ4n) is 4.69. The fourth-order valence-corrected chi connectivity index (χ4v) is 4.69. The molecule has 2 heterocycles. The summed E-state index contributed by atoms with van der Waals surface area (Å²) in [6, 6.07) is 11.1. The van der Waals surface area contributed by atoms with E-state index in [0.717, 1.165) is 63.3 Å². The molecule has 154 valence electrons. The van der Waals surface area contributed by atoms with Gasteiger partial charge in [-0.05, 0) is 24.5 Å². The van der Waals surface area contributed by atoms with Gasteiger partial charge in [0.05, 0.1) is 5.69 Å². The summed E-state index contributed by atoms with van der Waals surface area (Å²) in [5, 5.41) is 3.41. The Balaban J connectivity index is 1.33. The Morgan fingerprint density at radius 2 is 1.86 bits per heavy atom. The van der Waals surface area contributed by atoms with Crippen molar-refractivity contribution >= 4 is 17.5 Å². The molecule has 29 heavy (non-hydrogen) atoms. The van der Waals surface area contributed by atoms with Crippen LogP contribution in [0.1, 0.15) is 56.4 Å². The number of likely N-dealkylation sites (tertiary alicyclic amines) is 1. The van der Waals surface area contributed by atoms with Gasteiger partial charge >= 0.3 is 0 Å². The van der Waals surface area contributed by atoms with Gasteiger partial charge in [-0.15, -0.1) is 0 Å². The van der Waals surface area contributed by atoms with E-state index in [4.69, 9.17) is 5.73 Å². The maximum Gasteiger partial charge on any atom is 0.222 e. The molecule has 0 amide bonds. The Hall–Kier alpha value is -2.47. The predicted octanol–water partition coefficient (Wildman–Crippen LogP) is 3.42. The molecule has 4 rings (SSSR count). The summed E-state index contributed by atoms with van der Waals surface area (Å²) in [5.74, 6) is 1.54. The van der Waals surface area contributed by atoms with E-state index in [2.05, 4.69) is 58.3 Å². The molecule has 1 spiro atoms. The van der Waals surface area contributed by atoms with Crippen LogP contribution in [0.15, 0.2) is 30.3 Å². The molecule has 2 aromatic rings. The molecule has 1 atom stereocenters. The Morgan fingerprint density at radius 1 is 1.17 bits per heavy atom. The summed E-state index contributed by atoms with van der Waals surface area (Å²) in [7, 11) is 0. The lowest BCUT2D eigenvalue weighted by atomic mass is 9.63. The second-order valence-corrected chi connectivity index (χ2v) is 8.97. The first-order chi connectivity index (χ1) is 13.9. The average Bonchev–Trinajstić information content (AvgIpc) is 2.60. The van der Waals surface area contributed by atoms with Crippen molar-refractivity contribution in [2.24, 2.45) is 5.41 Å². The number of carbonyl (C=O) groups is 1. The predicted molar refractivity (Wildman–Crippen MR) is 116 cm³/mol. The highest BCUT2D eigenvalue weighted by Gasteiger charge is 2.51. The molecule has 0 bridgehead atoms. The summed E-state index contributed by atoms with van der Waals surface area (Å²) in [5.41, 5.74) is 9.70. The SMILES string of the molecule is CCC[C@@H](C)Nc1cc(Cc2ccc(CN3CC4(CC(=O)C4)C3)cc2)nc(N)n1. The molecule has 1 aliphatic carbocycles. The summed E-state index contributed by atoms with van der Waals surface area (Å²) in [4.78, 5) is 22.4. The lowest BCUT2D eigenvalue weighted by Crippen LogP contribution is -2.61. The van der Waals surface area contributed by atoms with E-state index in [1.54, 1.807) is 0 Å². The van der Waals surface area contributed by atoms with Crippen LogP contribution in [0.2, 0.25) is 0 Å². The van der Waals surface area contributed by atoms with Gasteiger partial charge in [-0.1, -0.05) is 37.6 Å². The van der Waals surface area contributed by atoms with E-state index in [-0.39, 0.29) is 0 Å². The number of carbonyl (C=O) groups excluding carboxylic acids is 1. The normalized spacial score (nSPS) is 18.9. The number of anilines is 2. The highest BCUT2D eigenvalue weighted by molar-refractivity contribution is 5.86. The van der Waals surface area contributed by atoms with Crippen molar-refractivity contribution < 1.29 is 4.79 Å². The Bertz CT molecular complexity index is 863. The van der Waals surface area contributed by atoms with Crippen molar-refractivity contribution in [3.8, 4) is 0 Å². The molecular weight excluding hydrogens is 362 g/mol. The number of benzene rings is 1. The van der Waals surface area contributed by atoms with E-state index < -0.39 is 0 Å². The van der Waals surface area contributed by atoms with Crippen LogP contribution in [0.4, 0.5) is 11.8 Å². The molecule has 1 saturated heterocycles. The molecule has 2 fully saturated rings. The Kier molecular flexibility index (Phi) is 5.54. The molecule has 0 unspecified atom stereocenters. The summed E-state index contributed by atoms with van der Waals surface area (Å²) >= 11 is 0. The van der Waals surface area contributed by atoms with Crippen molar-refractivity contribution in [2.45, 2.75) is 58.5 Å². The van der Waals surface area contributed by atoms with Crippen molar-refractivity contribution in [1.82, 2.24) is 14.9 Å². The maximum atomic E-state index is 11.2. The van der Waals surface area contributed by atoms with Gasteiger partial charge in [0.15, 0.2) is 0 Å². The second kappa shape index (κ2) is 8.11. The summed E-state index contributed by atoms with van der Waals surface area (Å²) in [6.45, 7) is 7.42. The van der Waals surface area contributed by atoms with E-state index in [1.807, 2.05) is 6.07 Å². The van der Waals surface area contributed by atoms with Crippen LogP contribution in [0.5, 0.6) is 0 Å². The molecule has 0 radical (unpaired) electrons. The largest absolute Gasteiger partial charge is 0.368 e. The highest BCUT2D eigenvalue weighted by atomic mass is 16.1. The summed E-state index contributed by atoms with van der Waals surface area (Å²) < 4.78 is 0. The van der Waals surface area contributed by atoms with Gasteiger partial charge < -0.3 is 11.1 Å². The number of nitrogens with zero attached hydrogens (tertiary/aromatic N) is 3. The molecule has 1 aliphatic heterocycles. The molecule has 2 aliphatic rings. The monoisotopic (exact) mass is 393 g/mol. The fraction of sp³-hybridized carbons (Fsp3) is 0.522. The lowest BCUT2D eigenvalue weighted by Gasteiger charge is -2.55.